The molecule has 4 aromatic rings. The quantitative estimate of drug-likeness (QED) is 0.122. The molecule has 2 aromatic carbocycles. The van der Waals surface area contributed by atoms with Crippen molar-refractivity contribution in [1.29, 1.82) is 0 Å². The molecule has 0 unspecified atom stereocenters. The second-order valence-electron chi connectivity index (χ2n) is 11.1. The standard InChI is InChI=1S/C32H35F2N7O/c1-3-37-40-21(2)9-6-16-35-30-24-19-36-28(23-12-4-10-22-11-5-13-25(33)26(22)23)27(34)29(24)38-31(39-30)42-20-32-14-7-17-41(32)18-8-15-32/h3-5,10-13,19,37H,1,6-9,14-18,20H2,2H3,(H,35,38,39)/b40-21+. The average molecular weight is 572 g/mol. The summed E-state index contributed by atoms with van der Waals surface area (Å²) in [6.45, 7) is 8.72. The molecule has 0 radical (unpaired) electrons. The molecule has 0 atom stereocenters. The Balaban J connectivity index is 1.35. The largest absolute Gasteiger partial charge is 0.461 e. The first-order valence-corrected chi connectivity index (χ1v) is 14.5. The van der Waals surface area contributed by atoms with Crippen LogP contribution >= 0.6 is 0 Å². The van der Waals surface area contributed by atoms with Crippen molar-refractivity contribution in [3.8, 4) is 17.3 Å². The zero-order chi connectivity index (χ0) is 29.1. The molecule has 0 spiro atoms. The zero-order valence-corrected chi connectivity index (χ0v) is 23.8. The molecule has 10 heteroatoms. The van der Waals surface area contributed by atoms with E-state index < -0.39 is 11.6 Å². The summed E-state index contributed by atoms with van der Waals surface area (Å²) < 4.78 is 37.5. The summed E-state index contributed by atoms with van der Waals surface area (Å²) in [5.41, 5.74) is 4.16. The van der Waals surface area contributed by atoms with Crippen molar-refractivity contribution < 1.29 is 13.5 Å². The van der Waals surface area contributed by atoms with Crippen molar-refractivity contribution in [2.45, 2.75) is 51.0 Å². The number of hydrogen-bond donors (Lipinski definition) is 2. The van der Waals surface area contributed by atoms with Crippen molar-refractivity contribution in [3.63, 3.8) is 0 Å². The number of nitrogens with zero attached hydrogens (tertiary/aromatic N) is 5. The van der Waals surface area contributed by atoms with Crippen LogP contribution in [0.1, 0.15) is 45.4 Å². The number of aromatic nitrogens is 3. The maximum atomic E-state index is 16.3. The molecule has 2 N–H and O–H groups in total. The first kappa shape index (κ1) is 28.0. The van der Waals surface area contributed by atoms with E-state index in [0.29, 0.717) is 40.7 Å². The van der Waals surface area contributed by atoms with Gasteiger partial charge in [-0.05, 0) is 70.0 Å². The van der Waals surface area contributed by atoms with Crippen molar-refractivity contribution in [3.05, 3.63) is 67.0 Å². The minimum Gasteiger partial charge on any atom is -0.461 e. The molecule has 218 valence electrons. The van der Waals surface area contributed by atoms with Crippen molar-refractivity contribution in [2.24, 2.45) is 5.10 Å². The van der Waals surface area contributed by atoms with Crippen LogP contribution in [0, 0.1) is 11.6 Å². The number of hydrazone groups is 1. The predicted octanol–water partition coefficient (Wildman–Crippen LogP) is 6.43. The van der Waals surface area contributed by atoms with E-state index in [0.717, 1.165) is 57.3 Å². The number of rotatable bonds is 11. The highest BCUT2D eigenvalue weighted by Gasteiger charge is 2.45. The highest BCUT2D eigenvalue weighted by Crippen LogP contribution is 2.39. The van der Waals surface area contributed by atoms with E-state index in [1.165, 1.54) is 12.3 Å². The van der Waals surface area contributed by atoms with Gasteiger partial charge in [-0.1, -0.05) is 36.9 Å². The number of halogens is 2. The molecule has 2 aliphatic heterocycles. The van der Waals surface area contributed by atoms with Gasteiger partial charge in [0.2, 0.25) is 0 Å². The van der Waals surface area contributed by atoms with Crippen molar-refractivity contribution in [1.82, 2.24) is 25.3 Å². The Hall–Kier alpha value is -4.18. The van der Waals surface area contributed by atoms with Gasteiger partial charge >= 0.3 is 6.01 Å². The molecule has 0 saturated carbocycles. The van der Waals surface area contributed by atoms with Crippen LogP contribution in [0.2, 0.25) is 0 Å². The van der Waals surface area contributed by atoms with Crippen LogP contribution in [0.25, 0.3) is 32.9 Å². The van der Waals surface area contributed by atoms with Crippen LogP contribution in [0.3, 0.4) is 0 Å². The normalized spacial score (nSPS) is 16.6. The summed E-state index contributed by atoms with van der Waals surface area (Å²) in [6, 6.07) is 10.2. The van der Waals surface area contributed by atoms with Gasteiger partial charge in [-0.15, -0.1) is 0 Å². The van der Waals surface area contributed by atoms with Crippen LogP contribution in [-0.2, 0) is 0 Å². The van der Waals surface area contributed by atoms with Crippen LogP contribution in [0.5, 0.6) is 6.01 Å². The summed E-state index contributed by atoms with van der Waals surface area (Å²) in [5, 5.41) is 8.96. The molecule has 0 bridgehead atoms. The number of hydrogen-bond acceptors (Lipinski definition) is 8. The summed E-state index contributed by atoms with van der Waals surface area (Å²) >= 11 is 0. The van der Waals surface area contributed by atoms with Crippen LogP contribution in [0.15, 0.2) is 60.5 Å². The lowest BCUT2D eigenvalue weighted by atomic mass is 9.95. The third-order valence-corrected chi connectivity index (χ3v) is 8.41. The fourth-order valence-corrected chi connectivity index (χ4v) is 6.34. The fourth-order valence-electron chi connectivity index (χ4n) is 6.34. The SMILES string of the molecule is C=CN/N=C(\C)CCCNc1nc(OCC23CCCN2CCC3)nc2c(F)c(-c3cccc4cccc(F)c34)ncc12. The van der Waals surface area contributed by atoms with E-state index in [2.05, 4.69) is 42.3 Å². The second-order valence-corrected chi connectivity index (χ2v) is 11.1. The van der Waals surface area contributed by atoms with E-state index >= 15 is 4.39 Å². The maximum Gasteiger partial charge on any atom is 0.319 e. The van der Waals surface area contributed by atoms with E-state index in [1.807, 2.05) is 6.92 Å². The third-order valence-electron chi connectivity index (χ3n) is 8.41. The lowest BCUT2D eigenvalue weighted by Crippen LogP contribution is -2.43. The molecule has 2 aliphatic rings. The third kappa shape index (κ3) is 5.38. The smallest absolute Gasteiger partial charge is 0.319 e. The molecule has 0 aliphatic carbocycles. The number of fused-ring (bicyclic) bond motifs is 3. The van der Waals surface area contributed by atoms with Crippen LogP contribution in [-0.4, -0.2) is 57.3 Å². The molecular formula is C32H35F2N7O. The van der Waals surface area contributed by atoms with Gasteiger partial charge in [0.1, 0.15) is 29.5 Å². The first-order valence-electron chi connectivity index (χ1n) is 14.5. The van der Waals surface area contributed by atoms with Crippen molar-refractivity contribution in [2.75, 3.05) is 31.6 Å². The maximum absolute atomic E-state index is 16.3. The Labute approximate surface area is 243 Å². The molecular weight excluding hydrogens is 536 g/mol. The van der Waals surface area contributed by atoms with Crippen LogP contribution in [0.4, 0.5) is 14.6 Å². The number of ether oxygens (including phenoxy) is 1. The Bertz CT molecular complexity index is 1640. The number of anilines is 1. The minimum absolute atomic E-state index is 0.00925. The second kappa shape index (κ2) is 12.0. The fraction of sp³-hybridized carbons (Fsp3) is 0.375. The number of pyridine rings is 1. The molecule has 0 amide bonds. The Morgan fingerprint density at radius 2 is 1.93 bits per heavy atom. The molecule has 2 aromatic heterocycles. The molecule has 2 fully saturated rings. The van der Waals surface area contributed by atoms with Crippen LogP contribution < -0.4 is 15.5 Å². The molecule has 2 saturated heterocycles. The topological polar surface area (TPSA) is 87.6 Å². The van der Waals surface area contributed by atoms with Gasteiger partial charge in [-0.2, -0.15) is 15.1 Å². The highest BCUT2D eigenvalue weighted by molar-refractivity contribution is 5.99. The Kier molecular flexibility index (Phi) is 7.97. The van der Waals surface area contributed by atoms with Gasteiger partial charge in [0.15, 0.2) is 5.82 Å². The summed E-state index contributed by atoms with van der Waals surface area (Å²) in [6.07, 6.45) is 9.03. The van der Waals surface area contributed by atoms with E-state index in [9.17, 15) is 4.39 Å². The molecule has 4 heterocycles. The van der Waals surface area contributed by atoms with E-state index in [1.54, 1.807) is 36.5 Å². The summed E-state index contributed by atoms with van der Waals surface area (Å²) in [5.74, 6) is -0.626. The van der Waals surface area contributed by atoms with Gasteiger partial charge in [0.25, 0.3) is 0 Å². The van der Waals surface area contributed by atoms with Gasteiger partial charge in [-0.3, -0.25) is 15.3 Å². The predicted molar refractivity (Wildman–Crippen MR) is 163 cm³/mol. The average Bonchev–Trinajstić information content (AvgIpc) is 3.58. The zero-order valence-electron chi connectivity index (χ0n) is 23.8. The lowest BCUT2D eigenvalue weighted by molar-refractivity contribution is 0.108. The Morgan fingerprint density at radius 1 is 1.14 bits per heavy atom. The summed E-state index contributed by atoms with van der Waals surface area (Å²) in [7, 11) is 0. The summed E-state index contributed by atoms with van der Waals surface area (Å²) in [4.78, 5) is 16.2. The molecule has 6 rings (SSSR count). The minimum atomic E-state index is -0.640. The monoisotopic (exact) mass is 571 g/mol. The van der Waals surface area contributed by atoms with Crippen molar-refractivity contribution >= 4 is 33.2 Å². The van der Waals surface area contributed by atoms with E-state index in [-0.39, 0.29) is 22.8 Å². The highest BCUT2D eigenvalue weighted by atomic mass is 19.1. The van der Waals surface area contributed by atoms with Gasteiger partial charge < -0.3 is 10.1 Å². The first-order chi connectivity index (χ1) is 20.5. The Morgan fingerprint density at radius 3 is 2.71 bits per heavy atom. The molecule has 42 heavy (non-hydrogen) atoms. The number of nitrogens with one attached hydrogen (secondary N) is 2. The van der Waals surface area contributed by atoms with Gasteiger partial charge in [0, 0.05) is 35.6 Å². The lowest BCUT2D eigenvalue weighted by Gasteiger charge is -2.31. The molecule has 8 nitrogen and oxygen atoms in total. The van der Waals surface area contributed by atoms with Gasteiger partial charge in [0.05, 0.1) is 10.9 Å². The van der Waals surface area contributed by atoms with Gasteiger partial charge in [-0.25, -0.2) is 8.78 Å². The number of benzene rings is 2. The van der Waals surface area contributed by atoms with E-state index in [4.69, 9.17) is 4.74 Å².